The second kappa shape index (κ2) is 8.25. The lowest BCUT2D eigenvalue weighted by molar-refractivity contribution is 0.0931. The van der Waals surface area contributed by atoms with Crippen molar-refractivity contribution in [3.05, 3.63) is 64.4 Å². The maximum Gasteiger partial charge on any atom is 0.272 e. The Balaban J connectivity index is 1.83. The molecule has 2 aromatic heterocycles. The van der Waals surface area contributed by atoms with Crippen LogP contribution in [0.1, 0.15) is 40.2 Å². The molecule has 1 amide bonds. The molecule has 2 heterocycles. The average molecular weight is 402 g/mol. The van der Waals surface area contributed by atoms with Gasteiger partial charge in [0.25, 0.3) is 5.91 Å². The Morgan fingerprint density at radius 1 is 1.50 bits per heavy atom. The van der Waals surface area contributed by atoms with Crippen LogP contribution in [-0.4, -0.2) is 37.0 Å². The van der Waals surface area contributed by atoms with Crippen molar-refractivity contribution in [1.29, 1.82) is 0 Å². The number of carbonyl (C=O) groups is 1. The lowest BCUT2D eigenvalue weighted by atomic mass is 10.1. The van der Waals surface area contributed by atoms with Crippen LogP contribution in [0.25, 0.3) is 16.1 Å². The third kappa shape index (κ3) is 4.39. The molecule has 0 aliphatic heterocycles. The highest BCUT2D eigenvalue weighted by Gasteiger charge is 2.16. The summed E-state index contributed by atoms with van der Waals surface area (Å²) in [6, 6.07) is 5.48. The van der Waals surface area contributed by atoms with Crippen LogP contribution in [0.4, 0.5) is 5.69 Å². The third-order valence-electron chi connectivity index (χ3n) is 3.82. The van der Waals surface area contributed by atoms with E-state index in [2.05, 4.69) is 25.5 Å². The summed E-state index contributed by atoms with van der Waals surface area (Å²) >= 11 is 6.06. The number of nitrogens with zero attached hydrogens (tertiary/aromatic N) is 4. The van der Waals surface area contributed by atoms with E-state index in [1.54, 1.807) is 24.3 Å². The Morgan fingerprint density at radius 2 is 2.29 bits per heavy atom. The number of hydrogen-bond donors (Lipinski definition) is 3. The van der Waals surface area contributed by atoms with Crippen molar-refractivity contribution in [1.82, 2.24) is 25.3 Å². The predicted molar refractivity (Wildman–Crippen MR) is 105 cm³/mol. The number of amides is 1. The molecular formula is C19H19ClN6O2. The van der Waals surface area contributed by atoms with Crippen LogP contribution in [0.15, 0.2) is 36.5 Å². The van der Waals surface area contributed by atoms with Crippen LogP contribution in [0, 0.1) is 6.57 Å². The van der Waals surface area contributed by atoms with Crippen molar-refractivity contribution in [2.24, 2.45) is 0 Å². The van der Waals surface area contributed by atoms with E-state index in [-0.39, 0.29) is 10.7 Å². The normalized spacial score (nSPS) is 16.2. The molecule has 0 fully saturated rings. The Kier molecular flexibility index (Phi) is 4.67. The number of nitrogens with one attached hydrogen (secondary N) is 2. The van der Waals surface area contributed by atoms with Crippen molar-refractivity contribution in [2.75, 3.05) is 0 Å². The van der Waals surface area contributed by atoms with Crippen molar-refractivity contribution >= 4 is 23.2 Å². The number of benzene rings is 1. The molecule has 0 spiro atoms. The van der Waals surface area contributed by atoms with Crippen molar-refractivity contribution < 1.29 is 14.0 Å². The SMILES string of the molecule is [2H]C([2H])(n1ccc(-c2ccc([N+]#[C-])c(Cl)c2)n1)[C@@]([2H])(C)NC(=O)c1cc(C(C)O)[nH]n1. The number of aromatic nitrogens is 4. The Morgan fingerprint density at radius 3 is 2.93 bits per heavy atom. The highest BCUT2D eigenvalue weighted by atomic mass is 35.5. The molecule has 3 rings (SSSR count). The summed E-state index contributed by atoms with van der Waals surface area (Å²) in [7, 11) is 0. The summed E-state index contributed by atoms with van der Waals surface area (Å²) in [5.74, 6) is -0.779. The number of aliphatic hydroxyl groups is 1. The maximum absolute atomic E-state index is 12.5. The lowest BCUT2D eigenvalue weighted by Crippen LogP contribution is -2.36. The van der Waals surface area contributed by atoms with Gasteiger partial charge in [0.05, 0.1) is 34.7 Å². The molecule has 0 bridgehead atoms. The summed E-state index contributed by atoms with van der Waals surface area (Å²) in [4.78, 5) is 15.8. The predicted octanol–water partition coefficient (Wildman–Crippen LogP) is 3.35. The molecule has 8 nitrogen and oxygen atoms in total. The number of aromatic amines is 1. The topological polar surface area (TPSA) is 100 Å². The number of H-pyrrole nitrogens is 1. The smallest absolute Gasteiger partial charge is 0.272 e. The zero-order chi connectivity index (χ0) is 23.0. The van der Waals surface area contributed by atoms with Gasteiger partial charge in [0, 0.05) is 22.8 Å². The Hall–Kier alpha value is -3.15. The number of carbonyl (C=O) groups excluding carboxylic acids is 1. The van der Waals surface area contributed by atoms with Crippen molar-refractivity contribution in [3.8, 4) is 11.3 Å². The standard InChI is InChI=1S/C19H19ClN6O2/c1-11(22-19(28)18-9-17(12(2)27)23-24-18)10-26-7-6-15(25-26)13-4-5-16(21-3)14(20)8-13/h4-9,11-12,27H,10H2,1-2H3,(H,22,28)(H,23,24)/t11-,12?/m1/s1/i10D2,11D. The molecule has 1 aromatic carbocycles. The summed E-state index contributed by atoms with van der Waals surface area (Å²) < 4.78 is 26.2. The number of rotatable bonds is 6. The highest BCUT2D eigenvalue weighted by molar-refractivity contribution is 6.33. The first-order valence-electron chi connectivity index (χ1n) is 9.75. The zero-order valence-electron chi connectivity index (χ0n) is 18.1. The fourth-order valence-electron chi connectivity index (χ4n) is 2.40. The van der Waals surface area contributed by atoms with Gasteiger partial charge in [-0.15, -0.1) is 0 Å². The minimum atomic E-state index is -2.44. The fraction of sp³-hybridized carbons (Fsp3) is 0.263. The van der Waals surface area contributed by atoms with Gasteiger partial charge < -0.3 is 10.4 Å². The molecular weight excluding hydrogens is 380 g/mol. The van der Waals surface area contributed by atoms with Crippen LogP contribution >= 0.6 is 11.6 Å². The summed E-state index contributed by atoms with van der Waals surface area (Å²) in [6.45, 7) is 7.32. The number of halogens is 1. The molecule has 9 heteroatoms. The fourth-order valence-corrected chi connectivity index (χ4v) is 2.62. The maximum atomic E-state index is 12.5. The van der Waals surface area contributed by atoms with E-state index in [4.69, 9.17) is 22.3 Å². The van der Waals surface area contributed by atoms with Gasteiger partial charge in [0.2, 0.25) is 5.69 Å². The molecule has 0 aliphatic rings. The molecule has 0 saturated carbocycles. The first-order valence-corrected chi connectivity index (χ1v) is 8.63. The van der Waals surface area contributed by atoms with E-state index in [1.807, 2.05) is 0 Å². The summed E-state index contributed by atoms with van der Waals surface area (Å²) in [5, 5.41) is 22.6. The molecule has 0 radical (unpaired) electrons. The molecule has 0 saturated heterocycles. The van der Waals surface area contributed by atoms with Crippen LogP contribution in [0.5, 0.6) is 0 Å². The van der Waals surface area contributed by atoms with Gasteiger partial charge in [-0.1, -0.05) is 23.7 Å². The molecule has 2 atom stereocenters. The van der Waals surface area contributed by atoms with Crippen LogP contribution in [-0.2, 0) is 6.50 Å². The second-order valence-electron chi connectivity index (χ2n) is 6.00. The largest absolute Gasteiger partial charge is 0.387 e. The molecule has 3 N–H and O–H groups in total. The monoisotopic (exact) mass is 401 g/mol. The van der Waals surface area contributed by atoms with E-state index >= 15 is 0 Å². The van der Waals surface area contributed by atoms with Gasteiger partial charge in [-0.2, -0.15) is 10.2 Å². The molecule has 144 valence electrons. The quantitative estimate of drug-likeness (QED) is 0.551. The Bertz CT molecular complexity index is 1170. The molecule has 28 heavy (non-hydrogen) atoms. The van der Waals surface area contributed by atoms with Crippen LogP contribution < -0.4 is 5.32 Å². The third-order valence-corrected chi connectivity index (χ3v) is 4.12. The van der Waals surface area contributed by atoms with Crippen LogP contribution in [0.2, 0.25) is 5.02 Å². The first-order chi connectivity index (χ1) is 14.5. The highest BCUT2D eigenvalue weighted by Crippen LogP contribution is 2.29. The number of aliphatic hydroxyl groups excluding tert-OH is 1. The van der Waals surface area contributed by atoms with Crippen molar-refractivity contribution in [2.45, 2.75) is 32.5 Å². The van der Waals surface area contributed by atoms with E-state index in [0.29, 0.717) is 22.6 Å². The molecule has 1 unspecified atom stereocenters. The minimum absolute atomic E-state index is 0.0825. The zero-order valence-corrected chi connectivity index (χ0v) is 15.8. The van der Waals surface area contributed by atoms with Gasteiger partial charge >= 0.3 is 0 Å². The van der Waals surface area contributed by atoms with Gasteiger partial charge in [-0.3, -0.25) is 14.6 Å². The van der Waals surface area contributed by atoms with Gasteiger partial charge in [-0.25, -0.2) is 4.85 Å². The van der Waals surface area contributed by atoms with E-state index < -0.39 is 24.5 Å². The average Bonchev–Trinajstić information content (AvgIpc) is 3.37. The van der Waals surface area contributed by atoms with Crippen molar-refractivity contribution in [3.63, 3.8) is 0 Å². The lowest BCUT2D eigenvalue weighted by Gasteiger charge is -2.13. The van der Waals surface area contributed by atoms with Gasteiger partial charge in [0.15, 0.2) is 0 Å². The Labute approximate surface area is 171 Å². The van der Waals surface area contributed by atoms with E-state index in [0.717, 1.165) is 4.68 Å². The number of hydrogen-bond acceptors (Lipinski definition) is 4. The van der Waals surface area contributed by atoms with E-state index in [9.17, 15) is 9.90 Å². The second-order valence-corrected chi connectivity index (χ2v) is 6.41. The van der Waals surface area contributed by atoms with E-state index in [1.165, 1.54) is 26.1 Å². The van der Waals surface area contributed by atoms with Crippen LogP contribution in [0.3, 0.4) is 0 Å². The first kappa shape index (κ1) is 15.9. The molecule has 3 aromatic rings. The van der Waals surface area contributed by atoms with Gasteiger partial charge in [-0.05, 0) is 32.0 Å². The minimum Gasteiger partial charge on any atom is -0.387 e. The summed E-state index contributed by atoms with van der Waals surface area (Å²) in [5.41, 5.74) is 1.49. The molecule has 0 aliphatic carbocycles. The van der Waals surface area contributed by atoms with Gasteiger partial charge in [0.1, 0.15) is 5.69 Å². The summed E-state index contributed by atoms with van der Waals surface area (Å²) in [6.07, 6.45) is 0.494.